The maximum Gasteiger partial charge on any atom is 0.315 e. The standard InChI is InChI=1S/C13H15N3O3/c1-8(13(18)19)12(17)14-7-6-11-15-9-4-2-3-5-10(9)16-11/h2-5,8H,6-7H2,1H3,(H,14,17)(H,15,16)(H,18,19). The summed E-state index contributed by atoms with van der Waals surface area (Å²) >= 11 is 0. The van der Waals surface area contributed by atoms with Gasteiger partial charge in [0.15, 0.2) is 0 Å². The zero-order valence-electron chi connectivity index (χ0n) is 10.5. The first kappa shape index (κ1) is 13.1. The lowest BCUT2D eigenvalue weighted by Crippen LogP contribution is -2.34. The molecule has 3 N–H and O–H groups in total. The van der Waals surface area contributed by atoms with E-state index < -0.39 is 17.8 Å². The van der Waals surface area contributed by atoms with Crippen molar-refractivity contribution < 1.29 is 14.7 Å². The molecule has 100 valence electrons. The quantitative estimate of drug-likeness (QED) is 0.698. The third-order valence-corrected chi connectivity index (χ3v) is 2.86. The molecule has 0 saturated carbocycles. The lowest BCUT2D eigenvalue weighted by molar-refractivity contribution is -0.146. The van der Waals surface area contributed by atoms with Gasteiger partial charge in [0.05, 0.1) is 11.0 Å². The maximum absolute atomic E-state index is 11.4. The minimum absolute atomic E-state index is 0.357. The van der Waals surface area contributed by atoms with Gasteiger partial charge >= 0.3 is 5.97 Å². The Morgan fingerprint density at radius 2 is 2.16 bits per heavy atom. The van der Waals surface area contributed by atoms with Crippen LogP contribution in [0.5, 0.6) is 0 Å². The monoisotopic (exact) mass is 261 g/mol. The first-order valence-electron chi connectivity index (χ1n) is 6.02. The third-order valence-electron chi connectivity index (χ3n) is 2.86. The molecule has 1 aromatic heterocycles. The molecule has 6 nitrogen and oxygen atoms in total. The number of hydrogen-bond donors (Lipinski definition) is 3. The highest BCUT2D eigenvalue weighted by Crippen LogP contribution is 2.10. The van der Waals surface area contributed by atoms with E-state index >= 15 is 0 Å². The second-order valence-corrected chi connectivity index (χ2v) is 4.30. The van der Waals surface area contributed by atoms with Gasteiger partial charge in [0.2, 0.25) is 5.91 Å². The van der Waals surface area contributed by atoms with Gasteiger partial charge in [-0.05, 0) is 19.1 Å². The lowest BCUT2D eigenvalue weighted by atomic mass is 10.2. The van der Waals surface area contributed by atoms with Crippen molar-refractivity contribution >= 4 is 22.9 Å². The number of carbonyl (C=O) groups excluding carboxylic acids is 1. The Hall–Kier alpha value is -2.37. The molecule has 0 spiro atoms. The van der Waals surface area contributed by atoms with Gasteiger partial charge in [0.1, 0.15) is 11.7 Å². The Labute approximate surface area is 109 Å². The molecule has 0 fully saturated rings. The van der Waals surface area contributed by atoms with Crippen molar-refractivity contribution in [1.29, 1.82) is 0 Å². The summed E-state index contributed by atoms with van der Waals surface area (Å²) in [5, 5.41) is 11.3. The molecule has 0 aliphatic heterocycles. The average molecular weight is 261 g/mol. The molecule has 0 bridgehead atoms. The summed E-state index contributed by atoms with van der Waals surface area (Å²) in [5.41, 5.74) is 1.82. The van der Waals surface area contributed by atoms with Crippen LogP contribution in [0.2, 0.25) is 0 Å². The number of rotatable bonds is 5. The van der Waals surface area contributed by atoms with Crippen molar-refractivity contribution in [2.75, 3.05) is 6.54 Å². The molecule has 1 unspecified atom stereocenters. The Morgan fingerprint density at radius 3 is 2.84 bits per heavy atom. The molecule has 1 atom stereocenters. The summed E-state index contributed by atoms with van der Waals surface area (Å²) in [7, 11) is 0. The van der Waals surface area contributed by atoms with E-state index in [1.54, 1.807) is 0 Å². The van der Waals surface area contributed by atoms with Crippen LogP contribution >= 0.6 is 0 Å². The summed E-state index contributed by atoms with van der Waals surface area (Å²) in [6, 6.07) is 7.65. The number of amides is 1. The van der Waals surface area contributed by atoms with Gasteiger partial charge in [-0.15, -0.1) is 0 Å². The van der Waals surface area contributed by atoms with Crippen molar-refractivity contribution in [3.05, 3.63) is 30.1 Å². The largest absolute Gasteiger partial charge is 0.481 e. The van der Waals surface area contributed by atoms with Crippen LogP contribution in [0.1, 0.15) is 12.7 Å². The van der Waals surface area contributed by atoms with E-state index in [-0.39, 0.29) is 0 Å². The van der Waals surface area contributed by atoms with Crippen molar-refractivity contribution in [1.82, 2.24) is 15.3 Å². The summed E-state index contributed by atoms with van der Waals surface area (Å²) in [4.78, 5) is 29.5. The molecule has 19 heavy (non-hydrogen) atoms. The van der Waals surface area contributed by atoms with Crippen molar-refractivity contribution in [3.8, 4) is 0 Å². The molecule has 6 heteroatoms. The summed E-state index contributed by atoms with van der Waals surface area (Å²) in [6.07, 6.45) is 0.534. The van der Waals surface area contributed by atoms with Gasteiger partial charge < -0.3 is 15.4 Å². The molecule has 0 saturated heterocycles. The summed E-state index contributed by atoms with van der Waals surface area (Å²) < 4.78 is 0. The number of carboxylic acids is 1. The number of para-hydroxylation sites is 2. The number of carbonyl (C=O) groups is 2. The zero-order chi connectivity index (χ0) is 13.8. The van der Waals surface area contributed by atoms with Crippen LogP contribution in [-0.4, -0.2) is 33.5 Å². The molecule has 0 radical (unpaired) electrons. The third kappa shape index (κ3) is 3.09. The number of nitrogens with zero attached hydrogens (tertiary/aromatic N) is 1. The maximum atomic E-state index is 11.4. The van der Waals surface area contributed by atoms with Crippen molar-refractivity contribution in [3.63, 3.8) is 0 Å². The highest BCUT2D eigenvalue weighted by atomic mass is 16.4. The van der Waals surface area contributed by atoms with Crippen molar-refractivity contribution in [2.45, 2.75) is 13.3 Å². The van der Waals surface area contributed by atoms with Gasteiger partial charge in [-0.3, -0.25) is 9.59 Å². The smallest absolute Gasteiger partial charge is 0.315 e. The van der Waals surface area contributed by atoms with Crippen LogP contribution in [-0.2, 0) is 16.0 Å². The number of aromatic nitrogens is 2. The van der Waals surface area contributed by atoms with Crippen LogP contribution in [0, 0.1) is 5.92 Å². The molecular weight excluding hydrogens is 246 g/mol. The SMILES string of the molecule is CC(C(=O)O)C(=O)NCCc1nc2ccccc2[nH]1. The van der Waals surface area contributed by atoms with E-state index in [0.29, 0.717) is 13.0 Å². The van der Waals surface area contributed by atoms with Gasteiger partial charge in [0.25, 0.3) is 0 Å². The van der Waals surface area contributed by atoms with Crippen LogP contribution in [0.15, 0.2) is 24.3 Å². The number of aliphatic carboxylic acids is 1. The lowest BCUT2D eigenvalue weighted by Gasteiger charge is -2.06. The first-order chi connectivity index (χ1) is 9.08. The zero-order valence-corrected chi connectivity index (χ0v) is 10.5. The molecule has 0 aliphatic carbocycles. The van der Waals surface area contributed by atoms with Gasteiger partial charge in [0, 0.05) is 13.0 Å². The Balaban J connectivity index is 1.89. The topological polar surface area (TPSA) is 95.1 Å². The number of hydrogen-bond acceptors (Lipinski definition) is 3. The van der Waals surface area contributed by atoms with E-state index in [1.807, 2.05) is 24.3 Å². The Morgan fingerprint density at radius 1 is 1.42 bits per heavy atom. The first-order valence-corrected chi connectivity index (χ1v) is 6.02. The average Bonchev–Trinajstić information content (AvgIpc) is 2.80. The second-order valence-electron chi connectivity index (χ2n) is 4.30. The highest BCUT2D eigenvalue weighted by molar-refractivity contribution is 5.96. The number of H-pyrrole nitrogens is 1. The van der Waals surface area contributed by atoms with E-state index in [9.17, 15) is 9.59 Å². The number of benzene rings is 1. The number of aromatic amines is 1. The van der Waals surface area contributed by atoms with Gasteiger partial charge in [-0.1, -0.05) is 12.1 Å². The molecule has 1 amide bonds. The van der Waals surface area contributed by atoms with Crippen LogP contribution in [0.25, 0.3) is 11.0 Å². The molecule has 1 aromatic carbocycles. The number of nitrogens with one attached hydrogen (secondary N) is 2. The second kappa shape index (κ2) is 5.51. The van der Waals surface area contributed by atoms with Gasteiger partial charge in [-0.25, -0.2) is 4.98 Å². The predicted octanol–water partition coefficient (Wildman–Crippen LogP) is 0.942. The molecule has 1 heterocycles. The van der Waals surface area contributed by atoms with E-state index in [2.05, 4.69) is 15.3 Å². The fourth-order valence-corrected chi connectivity index (χ4v) is 1.69. The number of imidazole rings is 1. The molecule has 0 aliphatic rings. The highest BCUT2D eigenvalue weighted by Gasteiger charge is 2.19. The van der Waals surface area contributed by atoms with E-state index in [1.165, 1.54) is 6.92 Å². The van der Waals surface area contributed by atoms with Crippen LogP contribution < -0.4 is 5.32 Å². The molecule has 2 aromatic rings. The Kier molecular flexibility index (Phi) is 3.79. The van der Waals surface area contributed by atoms with Crippen LogP contribution in [0.4, 0.5) is 0 Å². The van der Waals surface area contributed by atoms with Crippen molar-refractivity contribution in [2.24, 2.45) is 5.92 Å². The normalized spacial score (nSPS) is 12.3. The summed E-state index contributed by atoms with van der Waals surface area (Å²) in [6.45, 7) is 1.72. The predicted molar refractivity (Wildman–Crippen MR) is 69.6 cm³/mol. The fourth-order valence-electron chi connectivity index (χ4n) is 1.69. The molecule has 2 rings (SSSR count). The minimum atomic E-state index is -1.12. The minimum Gasteiger partial charge on any atom is -0.481 e. The van der Waals surface area contributed by atoms with E-state index in [0.717, 1.165) is 16.9 Å². The van der Waals surface area contributed by atoms with Gasteiger partial charge in [-0.2, -0.15) is 0 Å². The number of carboxylic acid groups (broad SMARTS) is 1. The fraction of sp³-hybridized carbons (Fsp3) is 0.308. The number of fused-ring (bicyclic) bond motifs is 1. The molecular formula is C13H15N3O3. The van der Waals surface area contributed by atoms with Crippen LogP contribution in [0.3, 0.4) is 0 Å². The van der Waals surface area contributed by atoms with E-state index in [4.69, 9.17) is 5.11 Å². The summed E-state index contributed by atoms with van der Waals surface area (Å²) in [5.74, 6) is -1.87. The Bertz CT molecular complexity index is 573.